The molecule has 18 nitrogen and oxygen atoms in total. The van der Waals surface area contributed by atoms with E-state index in [4.69, 9.17) is 28.6 Å². The highest BCUT2D eigenvalue weighted by molar-refractivity contribution is 8.44. The van der Waals surface area contributed by atoms with Crippen molar-refractivity contribution in [2.75, 3.05) is 32.2 Å². The number of nitrogens with one attached hydrogen (secondary N) is 1. The van der Waals surface area contributed by atoms with Gasteiger partial charge in [-0.2, -0.15) is 0 Å². The van der Waals surface area contributed by atoms with Crippen LogP contribution in [-0.4, -0.2) is 82.1 Å². The van der Waals surface area contributed by atoms with Crippen molar-refractivity contribution in [1.29, 1.82) is 0 Å². The number of imidazole rings is 3. The number of thiol groups is 1. The minimum Gasteiger partial charge on any atom is -0.382 e. The Hall–Kier alpha value is -3.15. The van der Waals surface area contributed by atoms with Crippen LogP contribution in [0.15, 0.2) is 36.2 Å². The summed E-state index contributed by atoms with van der Waals surface area (Å²) in [5.74, 6) is 0.203. The van der Waals surface area contributed by atoms with E-state index in [0.717, 1.165) is 0 Å². The monoisotopic (exact) mass is 678 g/mol. The van der Waals surface area contributed by atoms with E-state index in [1.807, 2.05) is 4.57 Å². The molecule has 0 aromatic carbocycles. The Balaban J connectivity index is 1.08. The van der Waals surface area contributed by atoms with E-state index in [0.29, 0.717) is 29.0 Å². The lowest BCUT2D eigenvalue weighted by Gasteiger charge is -2.45. The van der Waals surface area contributed by atoms with E-state index >= 15 is 0 Å². The Labute approximate surface area is 258 Å². The first-order valence-corrected chi connectivity index (χ1v) is 18.8. The van der Waals surface area contributed by atoms with E-state index in [1.165, 1.54) is 36.1 Å². The third kappa shape index (κ3) is 5.11. The van der Waals surface area contributed by atoms with Gasteiger partial charge >= 0.3 is 14.4 Å². The predicted molar refractivity (Wildman–Crippen MR) is 161 cm³/mol. The highest BCUT2D eigenvalue weighted by Gasteiger charge is 2.47. The van der Waals surface area contributed by atoms with Crippen molar-refractivity contribution in [3.05, 3.63) is 41.7 Å². The maximum Gasteiger partial charge on any atom is 0.386 e. The summed E-state index contributed by atoms with van der Waals surface area (Å²) in [6, 6.07) is -0.154. The lowest BCUT2D eigenvalue weighted by Crippen LogP contribution is -2.43. The van der Waals surface area contributed by atoms with Crippen molar-refractivity contribution in [3.63, 3.8) is 0 Å². The molecule has 0 radical (unpaired) electrons. The SMILES string of the molecule is C[P@]1(=O)OC[C@H]2C[C@@H](n3cnc4c(N)ncnc43)[C@@H]2CO[P@@](=O)(S)OC[C@@H]2C[C@@H](O1)[C@H](n1cnc3c(=O)n4ccnc4[nH]c31)O2. The Morgan fingerprint density at radius 1 is 1.00 bits per heavy atom. The van der Waals surface area contributed by atoms with E-state index in [-0.39, 0.29) is 61.0 Å². The topological polar surface area (TPSA) is 218 Å². The molecule has 0 amide bonds. The standard InChI is InChI=1S/C24H28N10O8P2S/c1-43(36)38-6-12-4-15(33-10-29-17-19(25)27-9-28-20(17)33)14(12)8-40-44(37,45)39-7-13-5-16(42-43)23(41-13)34-11-30-18-21(34)31-24-26-2-3-32(24)22(18)35/h2-3,9-16,23H,4-8H2,1H3,(H,26,31)(H,37,45)(H2,25,27,28)/t12-,13+,14-,15-,16-,23-,43+,44+/m1/s1. The molecule has 45 heavy (non-hydrogen) atoms. The molecule has 1 saturated carbocycles. The molecule has 2 saturated heterocycles. The molecule has 3 fully saturated rings. The number of rotatable bonds is 2. The van der Waals surface area contributed by atoms with Gasteiger partial charge in [0.2, 0.25) is 5.78 Å². The van der Waals surface area contributed by atoms with Crippen LogP contribution >= 0.6 is 26.6 Å². The van der Waals surface area contributed by atoms with Crippen molar-refractivity contribution in [3.8, 4) is 0 Å². The molecule has 21 heteroatoms. The molecule has 5 aromatic heterocycles. The highest BCUT2D eigenvalue weighted by atomic mass is 32.7. The van der Waals surface area contributed by atoms with Gasteiger partial charge in [0.25, 0.3) is 5.56 Å². The number of hydrogen-bond donors (Lipinski definition) is 3. The first-order chi connectivity index (χ1) is 21.6. The van der Waals surface area contributed by atoms with Gasteiger partial charge in [0, 0.05) is 37.4 Å². The first kappa shape index (κ1) is 29.3. The van der Waals surface area contributed by atoms with Crippen LogP contribution in [-0.2, 0) is 32.0 Å². The van der Waals surface area contributed by atoms with Crippen LogP contribution in [0.25, 0.3) is 28.1 Å². The van der Waals surface area contributed by atoms with Gasteiger partial charge in [-0.25, -0.2) is 33.9 Å². The molecule has 2 aliphatic heterocycles. The molecule has 238 valence electrons. The minimum absolute atomic E-state index is 0.0159. The van der Waals surface area contributed by atoms with Crippen molar-refractivity contribution in [1.82, 2.24) is 43.4 Å². The summed E-state index contributed by atoms with van der Waals surface area (Å²) in [4.78, 5) is 37.2. The maximum absolute atomic E-state index is 13.7. The quantitative estimate of drug-likeness (QED) is 0.181. The van der Waals surface area contributed by atoms with Gasteiger partial charge in [-0.15, -0.1) is 0 Å². The number of fused-ring (bicyclic) bond motifs is 6. The lowest BCUT2D eigenvalue weighted by molar-refractivity contribution is -0.0434. The molecule has 8 atom stereocenters. The zero-order chi connectivity index (χ0) is 31.1. The van der Waals surface area contributed by atoms with Crippen LogP contribution in [0.3, 0.4) is 0 Å². The van der Waals surface area contributed by atoms with Crippen molar-refractivity contribution in [2.45, 2.75) is 37.3 Å². The zero-order valence-corrected chi connectivity index (χ0v) is 26.3. The van der Waals surface area contributed by atoms with Crippen LogP contribution in [0.2, 0.25) is 0 Å². The van der Waals surface area contributed by atoms with Gasteiger partial charge in [0.1, 0.15) is 23.6 Å². The molecule has 5 aromatic rings. The first-order valence-electron chi connectivity index (χ1n) is 14.1. The Bertz CT molecular complexity index is 2100. The largest absolute Gasteiger partial charge is 0.386 e. The molecule has 7 heterocycles. The van der Waals surface area contributed by atoms with E-state index in [9.17, 15) is 13.9 Å². The van der Waals surface area contributed by atoms with Crippen molar-refractivity contribution >= 4 is 60.6 Å². The molecular formula is C24H28N10O8P2S. The average Bonchev–Trinajstić information content (AvgIpc) is 3.77. The lowest BCUT2D eigenvalue weighted by atomic mass is 9.70. The maximum atomic E-state index is 13.7. The Morgan fingerprint density at radius 3 is 2.67 bits per heavy atom. The number of H-pyrrole nitrogens is 1. The van der Waals surface area contributed by atoms with Crippen LogP contribution in [0, 0.1) is 11.8 Å². The van der Waals surface area contributed by atoms with Gasteiger partial charge in [0.05, 0.1) is 38.6 Å². The molecular weight excluding hydrogens is 650 g/mol. The molecule has 3 aliphatic rings. The Morgan fingerprint density at radius 2 is 1.80 bits per heavy atom. The Kier molecular flexibility index (Phi) is 6.96. The number of aromatic amines is 1. The summed E-state index contributed by atoms with van der Waals surface area (Å²) in [6.07, 6.45) is 5.93. The fraction of sp³-hybridized carbons (Fsp3) is 0.500. The number of ether oxygens (including phenoxy) is 1. The summed E-state index contributed by atoms with van der Waals surface area (Å²) < 4.78 is 61.5. The number of aromatic nitrogens is 9. The van der Waals surface area contributed by atoms with E-state index in [1.54, 1.807) is 10.9 Å². The molecule has 1 aliphatic carbocycles. The summed E-state index contributed by atoms with van der Waals surface area (Å²) in [5, 5.41) is 0. The second-order valence-corrected chi connectivity index (χ2v) is 16.3. The van der Waals surface area contributed by atoms with Crippen LogP contribution in [0.5, 0.6) is 0 Å². The third-order valence-electron chi connectivity index (χ3n) is 8.60. The van der Waals surface area contributed by atoms with Gasteiger partial charge in [-0.1, -0.05) is 12.2 Å². The number of nitrogen functional groups attached to an aromatic ring is 1. The van der Waals surface area contributed by atoms with Crippen LogP contribution in [0.4, 0.5) is 5.82 Å². The van der Waals surface area contributed by atoms with Crippen molar-refractivity contribution < 1.29 is 32.0 Å². The molecule has 8 rings (SSSR count). The van der Waals surface area contributed by atoms with Gasteiger partial charge < -0.3 is 33.6 Å². The summed E-state index contributed by atoms with van der Waals surface area (Å²) in [5.41, 5.74) is 7.14. The smallest absolute Gasteiger partial charge is 0.382 e. The summed E-state index contributed by atoms with van der Waals surface area (Å²) in [6.45, 7) is -2.47. The third-order valence-corrected chi connectivity index (χ3v) is 11.5. The summed E-state index contributed by atoms with van der Waals surface area (Å²) >= 11 is 4.22. The molecule has 3 N–H and O–H groups in total. The second-order valence-electron chi connectivity index (χ2n) is 11.4. The fourth-order valence-corrected chi connectivity index (χ4v) is 8.72. The van der Waals surface area contributed by atoms with Gasteiger partial charge in [-0.3, -0.25) is 18.5 Å². The average molecular weight is 679 g/mol. The van der Waals surface area contributed by atoms with E-state index < -0.39 is 32.8 Å². The highest BCUT2D eigenvalue weighted by Crippen LogP contribution is 2.58. The van der Waals surface area contributed by atoms with Crippen molar-refractivity contribution in [2.24, 2.45) is 11.8 Å². The van der Waals surface area contributed by atoms with Crippen LogP contribution < -0.4 is 11.3 Å². The second kappa shape index (κ2) is 10.7. The van der Waals surface area contributed by atoms with Gasteiger partial charge in [0.15, 0.2) is 23.2 Å². The van der Waals surface area contributed by atoms with Gasteiger partial charge in [-0.05, 0) is 12.3 Å². The number of nitrogens with two attached hydrogens (primary N) is 1. The number of hydrogen-bond acceptors (Lipinski definition) is 14. The zero-order valence-electron chi connectivity index (χ0n) is 23.6. The minimum atomic E-state index is -3.83. The molecule has 0 unspecified atom stereocenters. The molecule has 2 bridgehead atoms. The summed E-state index contributed by atoms with van der Waals surface area (Å²) in [7, 11) is -3.64. The molecule has 0 spiro atoms. The fourth-order valence-electron chi connectivity index (χ4n) is 6.33. The van der Waals surface area contributed by atoms with E-state index in [2.05, 4.69) is 42.2 Å². The number of anilines is 1. The number of nitrogens with zero attached hydrogens (tertiary/aromatic N) is 8. The predicted octanol–water partition coefficient (Wildman–Crippen LogP) is 2.57. The normalized spacial score (nSPS) is 34.5. The van der Waals surface area contributed by atoms with Crippen LogP contribution in [0.1, 0.15) is 25.1 Å².